The molecule has 0 radical (unpaired) electrons. The van der Waals surface area contributed by atoms with E-state index < -0.39 is 10.9 Å². The first-order chi connectivity index (χ1) is 10.5. The number of carboxylic acid groups (broad SMARTS) is 1. The summed E-state index contributed by atoms with van der Waals surface area (Å²) in [6.45, 7) is 0. The van der Waals surface area contributed by atoms with Gasteiger partial charge in [0.25, 0.3) is 5.69 Å². The normalized spacial score (nSPS) is 10.6. The number of hydrogen-bond donors (Lipinski definition) is 1. The summed E-state index contributed by atoms with van der Waals surface area (Å²) in [5.74, 6) is -1.38. The molecule has 2 aromatic carbocycles. The molecule has 0 aliphatic heterocycles. The van der Waals surface area contributed by atoms with E-state index in [0.717, 1.165) is 0 Å². The molecule has 0 bridgehead atoms. The van der Waals surface area contributed by atoms with Crippen LogP contribution in [0.25, 0.3) is 0 Å². The van der Waals surface area contributed by atoms with Gasteiger partial charge in [0.1, 0.15) is 0 Å². The minimum atomic E-state index is -1.38. The summed E-state index contributed by atoms with van der Waals surface area (Å²) >= 11 is 5.72. The third-order valence-electron chi connectivity index (χ3n) is 2.70. The second-order valence-corrected chi connectivity index (χ2v) is 4.61. The number of benzene rings is 2. The van der Waals surface area contributed by atoms with Crippen molar-refractivity contribution >= 4 is 35.2 Å². The Morgan fingerprint density at radius 1 is 1.23 bits per heavy atom. The van der Waals surface area contributed by atoms with Crippen molar-refractivity contribution in [2.75, 3.05) is 5.43 Å². The van der Waals surface area contributed by atoms with E-state index in [9.17, 15) is 20.0 Å². The van der Waals surface area contributed by atoms with E-state index in [1.54, 1.807) is 6.07 Å². The number of carbonyl (C=O) groups excluding carboxylic acids is 1. The van der Waals surface area contributed by atoms with Crippen LogP contribution in [0.15, 0.2) is 47.6 Å². The van der Waals surface area contributed by atoms with Crippen LogP contribution in [0.5, 0.6) is 0 Å². The molecule has 0 saturated heterocycles. The number of aromatic carboxylic acids is 1. The van der Waals surface area contributed by atoms with Gasteiger partial charge in [-0.3, -0.25) is 15.5 Å². The maximum Gasteiger partial charge on any atom is 0.269 e. The van der Waals surface area contributed by atoms with Crippen LogP contribution >= 0.6 is 11.6 Å². The number of non-ortho nitro benzene ring substituents is 1. The summed E-state index contributed by atoms with van der Waals surface area (Å²) < 4.78 is 0. The SMILES string of the molecule is O=C([O-])c1cc(N/N=C\c2ccc([N+](=O)[O-])cc2)ccc1Cl. The van der Waals surface area contributed by atoms with Gasteiger partial charge in [0, 0.05) is 22.7 Å². The molecule has 1 N–H and O–H groups in total. The highest BCUT2D eigenvalue weighted by Gasteiger charge is 2.03. The predicted octanol–water partition coefficient (Wildman–Crippen LogP) is 2.06. The lowest BCUT2D eigenvalue weighted by Crippen LogP contribution is -2.22. The van der Waals surface area contributed by atoms with Crippen molar-refractivity contribution in [2.24, 2.45) is 5.10 Å². The van der Waals surface area contributed by atoms with Gasteiger partial charge < -0.3 is 9.90 Å². The molecule has 8 heteroatoms. The lowest BCUT2D eigenvalue weighted by molar-refractivity contribution is -0.384. The maximum atomic E-state index is 10.8. The zero-order chi connectivity index (χ0) is 16.1. The summed E-state index contributed by atoms with van der Waals surface area (Å²) in [4.78, 5) is 20.9. The third kappa shape index (κ3) is 3.80. The fraction of sp³-hybridized carbons (Fsp3) is 0. The zero-order valence-electron chi connectivity index (χ0n) is 11.0. The molecule has 0 aliphatic carbocycles. The van der Waals surface area contributed by atoms with Gasteiger partial charge in [-0.2, -0.15) is 5.10 Å². The Morgan fingerprint density at radius 3 is 2.50 bits per heavy atom. The van der Waals surface area contributed by atoms with Gasteiger partial charge in [0.05, 0.1) is 22.8 Å². The van der Waals surface area contributed by atoms with Crippen molar-refractivity contribution in [3.05, 3.63) is 68.7 Å². The monoisotopic (exact) mass is 318 g/mol. The molecule has 0 unspecified atom stereocenters. The lowest BCUT2D eigenvalue weighted by Gasteiger charge is -2.07. The number of halogens is 1. The van der Waals surface area contributed by atoms with E-state index in [4.69, 9.17) is 11.6 Å². The van der Waals surface area contributed by atoms with E-state index in [2.05, 4.69) is 10.5 Å². The first-order valence-electron chi connectivity index (χ1n) is 6.02. The quantitative estimate of drug-likeness (QED) is 0.515. The zero-order valence-corrected chi connectivity index (χ0v) is 11.8. The summed E-state index contributed by atoms with van der Waals surface area (Å²) in [5.41, 5.74) is 3.55. The highest BCUT2D eigenvalue weighted by molar-refractivity contribution is 6.33. The number of nitrogens with zero attached hydrogens (tertiary/aromatic N) is 2. The van der Waals surface area contributed by atoms with Crippen molar-refractivity contribution < 1.29 is 14.8 Å². The molecule has 0 atom stereocenters. The van der Waals surface area contributed by atoms with Crippen LogP contribution in [0.1, 0.15) is 15.9 Å². The van der Waals surface area contributed by atoms with Gasteiger partial charge in [-0.25, -0.2) is 0 Å². The third-order valence-corrected chi connectivity index (χ3v) is 3.03. The van der Waals surface area contributed by atoms with Crippen LogP contribution in [0, 0.1) is 10.1 Å². The summed E-state index contributed by atoms with van der Waals surface area (Å²) in [6.07, 6.45) is 1.44. The summed E-state index contributed by atoms with van der Waals surface area (Å²) in [6, 6.07) is 10.1. The van der Waals surface area contributed by atoms with Crippen molar-refractivity contribution in [2.45, 2.75) is 0 Å². The van der Waals surface area contributed by atoms with E-state index in [1.165, 1.54) is 42.6 Å². The Kier molecular flexibility index (Phi) is 4.70. The molecule has 2 rings (SSSR count). The van der Waals surface area contributed by atoms with Gasteiger partial charge in [-0.15, -0.1) is 0 Å². The number of hydrogen-bond acceptors (Lipinski definition) is 6. The maximum absolute atomic E-state index is 10.8. The number of hydrazone groups is 1. The van der Waals surface area contributed by atoms with Gasteiger partial charge in [0.15, 0.2) is 0 Å². The first kappa shape index (κ1) is 15.5. The Balaban J connectivity index is 2.07. The summed E-state index contributed by atoms with van der Waals surface area (Å²) in [7, 11) is 0. The average Bonchev–Trinajstić information content (AvgIpc) is 2.49. The second-order valence-electron chi connectivity index (χ2n) is 4.20. The van der Waals surface area contributed by atoms with Crippen LogP contribution in [-0.2, 0) is 0 Å². The minimum Gasteiger partial charge on any atom is -0.545 e. The highest BCUT2D eigenvalue weighted by Crippen LogP contribution is 2.20. The van der Waals surface area contributed by atoms with Crippen LogP contribution in [-0.4, -0.2) is 17.1 Å². The highest BCUT2D eigenvalue weighted by atomic mass is 35.5. The molecule has 0 aliphatic rings. The van der Waals surface area contributed by atoms with Crippen LogP contribution < -0.4 is 10.5 Å². The largest absolute Gasteiger partial charge is 0.545 e. The molecule has 112 valence electrons. The Morgan fingerprint density at radius 2 is 1.91 bits per heavy atom. The number of nitro groups is 1. The molecule has 0 heterocycles. The number of nitro benzene ring substituents is 1. The lowest BCUT2D eigenvalue weighted by atomic mass is 10.2. The van der Waals surface area contributed by atoms with Crippen LogP contribution in [0.2, 0.25) is 5.02 Å². The Bertz CT molecular complexity index is 744. The van der Waals surface area contributed by atoms with Gasteiger partial charge in [-0.05, 0) is 35.9 Å². The second kappa shape index (κ2) is 6.68. The van der Waals surface area contributed by atoms with Crippen LogP contribution in [0.4, 0.5) is 11.4 Å². The number of nitrogens with one attached hydrogen (secondary N) is 1. The standard InChI is InChI=1S/C14H10ClN3O4/c15-13-6-3-10(7-12(13)14(19)20)17-16-8-9-1-4-11(5-2-9)18(21)22/h1-8,17H,(H,19,20)/p-1/b16-8-. The molecule has 0 amide bonds. The molecule has 22 heavy (non-hydrogen) atoms. The Labute approximate surface area is 130 Å². The average molecular weight is 319 g/mol. The van der Waals surface area contributed by atoms with Crippen molar-refractivity contribution in [3.63, 3.8) is 0 Å². The van der Waals surface area contributed by atoms with Gasteiger partial charge in [-0.1, -0.05) is 11.6 Å². The van der Waals surface area contributed by atoms with E-state index in [-0.39, 0.29) is 16.3 Å². The molecular formula is C14H9ClN3O4-. The van der Waals surface area contributed by atoms with E-state index in [0.29, 0.717) is 11.3 Å². The number of carboxylic acids is 1. The summed E-state index contributed by atoms with van der Waals surface area (Å²) in [5, 5.41) is 25.4. The predicted molar refractivity (Wildman–Crippen MR) is 80.1 cm³/mol. The van der Waals surface area contributed by atoms with Gasteiger partial charge >= 0.3 is 0 Å². The number of rotatable bonds is 5. The van der Waals surface area contributed by atoms with Crippen LogP contribution in [0.3, 0.4) is 0 Å². The molecular weight excluding hydrogens is 310 g/mol. The molecule has 0 saturated carbocycles. The molecule has 2 aromatic rings. The van der Waals surface area contributed by atoms with Crippen molar-refractivity contribution in [1.29, 1.82) is 0 Å². The molecule has 0 fully saturated rings. The molecule has 7 nitrogen and oxygen atoms in total. The van der Waals surface area contributed by atoms with Crippen molar-refractivity contribution in [3.8, 4) is 0 Å². The Hall–Kier alpha value is -2.93. The van der Waals surface area contributed by atoms with E-state index in [1.807, 2.05) is 0 Å². The molecule has 0 aromatic heterocycles. The topological polar surface area (TPSA) is 108 Å². The number of anilines is 1. The van der Waals surface area contributed by atoms with Gasteiger partial charge in [0.2, 0.25) is 0 Å². The molecule has 0 spiro atoms. The smallest absolute Gasteiger partial charge is 0.269 e. The number of carbonyl (C=O) groups is 1. The van der Waals surface area contributed by atoms with E-state index >= 15 is 0 Å². The van der Waals surface area contributed by atoms with Crippen molar-refractivity contribution in [1.82, 2.24) is 0 Å². The fourth-order valence-corrected chi connectivity index (χ4v) is 1.81. The first-order valence-corrected chi connectivity index (χ1v) is 6.39. The fourth-order valence-electron chi connectivity index (χ4n) is 1.61. The minimum absolute atomic E-state index is 0.0126.